The largest absolute Gasteiger partial charge is 0.414 e. The highest BCUT2D eigenvalue weighted by molar-refractivity contribution is 5.83. The minimum Gasteiger partial charge on any atom is -0.408 e. The summed E-state index contributed by atoms with van der Waals surface area (Å²) >= 11 is 0. The number of ether oxygens (including phenoxy) is 1. The van der Waals surface area contributed by atoms with Gasteiger partial charge in [-0.25, -0.2) is 4.79 Å². The predicted molar refractivity (Wildman–Crippen MR) is 85.2 cm³/mol. The Labute approximate surface area is 131 Å². The summed E-state index contributed by atoms with van der Waals surface area (Å²) in [4.78, 5) is 26.6. The molecule has 120 valence electrons. The maximum absolute atomic E-state index is 11.8. The van der Waals surface area contributed by atoms with Gasteiger partial charge < -0.3 is 19.9 Å². The molecule has 1 aromatic carbocycles. The number of piperidine rings is 1. The molecular formula is C16H23N3O3. The number of anilines is 1. The fourth-order valence-electron chi connectivity index (χ4n) is 2.61. The molecule has 0 aliphatic carbocycles. The number of hydrogen-bond acceptors (Lipinski definition) is 4. The first-order valence-electron chi connectivity index (χ1n) is 7.41. The van der Waals surface area contributed by atoms with Crippen molar-refractivity contribution >= 4 is 18.2 Å². The molecule has 0 saturated carbocycles. The van der Waals surface area contributed by atoms with Crippen LogP contribution in [-0.2, 0) is 4.79 Å². The smallest absolute Gasteiger partial charge is 0.408 e. The van der Waals surface area contributed by atoms with E-state index in [4.69, 9.17) is 4.74 Å². The van der Waals surface area contributed by atoms with Crippen molar-refractivity contribution in [3.05, 3.63) is 24.3 Å². The first kappa shape index (κ1) is 16.3. The Morgan fingerprint density at radius 2 is 1.91 bits per heavy atom. The average Bonchev–Trinajstić information content (AvgIpc) is 2.50. The lowest BCUT2D eigenvalue weighted by Crippen LogP contribution is -2.52. The van der Waals surface area contributed by atoms with Gasteiger partial charge in [-0.3, -0.25) is 4.79 Å². The third-order valence-electron chi connectivity index (χ3n) is 4.05. The third-order valence-corrected chi connectivity index (χ3v) is 4.05. The molecule has 1 saturated heterocycles. The van der Waals surface area contributed by atoms with Gasteiger partial charge in [0, 0.05) is 19.6 Å². The van der Waals surface area contributed by atoms with Gasteiger partial charge in [-0.1, -0.05) is 12.1 Å². The van der Waals surface area contributed by atoms with Gasteiger partial charge in [0.25, 0.3) is 0 Å². The SMILES string of the molecule is CN(C)C(=O)Oc1ccccc1N(C=O)C1(C)CCNCC1. The van der Waals surface area contributed by atoms with Gasteiger partial charge >= 0.3 is 6.09 Å². The Hall–Kier alpha value is -2.08. The maximum atomic E-state index is 11.8. The standard InChI is InChI=1S/C16H23N3O3/c1-16(8-10-17-11-9-16)19(12-20)13-6-4-5-7-14(13)22-15(21)18(2)3/h4-7,12,17H,8-11H2,1-3H3. The van der Waals surface area contributed by atoms with Gasteiger partial charge in [0.1, 0.15) is 0 Å². The first-order chi connectivity index (χ1) is 10.5. The van der Waals surface area contributed by atoms with E-state index in [2.05, 4.69) is 12.2 Å². The summed E-state index contributed by atoms with van der Waals surface area (Å²) in [5, 5.41) is 3.30. The third kappa shape index (κ3) is 3.39. The van der Waals surface area contributed by atoms with E-state index in [0.29, 0.717) is 11.4 Å². The molecule has 1 aliphatic heterocycles. The molecule has 2 amide bonds. The Morgan fingerprint density at radius 1 is 1.27 bits per heavy atom. The van der Waals surface area contributed by atoms with Crippen molar-refractivity contribution in [1.29, 1.82) is 0 Å². The number of nitrogens with one attached hydrogen (secondary N) is 1. The maximum Gasteiger partial charge on any atom is 0.414 e. The Kier molecular flexibility index (Phi) is 5.03. The van der Waals surface area contributed by atoms with Crippen LogP contribution in [0.3, 0.4) is 0 Å². The van der Waals surface area contributed by atoms with E-state index in [0.717, 1.165) is 32.3 Å². The van der Waals surface area contributed by atoms with Crippen molar-refractivity contribution in [3.63, 3.8) is 0 Å². The van der Waals surface area contributed by atoms with E-state index >= 15 is 0 Å². The number of carbonyl (C=O) groups is 2. The zero-order valence-corrected chi connectivity index (χ0v) is 13.3. The first-order valence-corrected chi connectivity index (χ1v) is 7.41. The van der Waals surface area contributed by atoms with Crippen LogP contribution >= 0.6 is 0 Å². The number of benzene rings is 1. The molecule has 0 radical (unpaired) electrons. The minimum absolute atomic E-state index is 0.284. The molecule has 2 rings (SSSR count). The highest BCUT2D eigenvalue weighted by atomic mass is 16.6. The zero-order chi connectivity index (χ0) is 16.2. The molecule has 6 heteroatoms. The number of para-hydroxylation sites is 2. The van der Waals surface area contributed by atoms with E-state index in [1.54, 1.807) is 37.2 Å². The van der Waals surface area contributed by atoms with Gasteiger partial charge in [0.05, 0.1) is 5.69 Å². The molecule has 0 atom stereocenters. The van der Waals surface area contributed by atoms with E-state index in [1.165, 1.54) is 4.90 Å². The van der Waals surface area contributed by atoms with E-state index in [9.17, 15) is 9.59 Å². The van der Waals surface area contributed by atoms with Crippen LogP contribution in [0.25, 0.3) is 0 Å². The van der Waals surface area contributed by atoms with Gasteiger partial charge in [-0.05, 0) is 45.0 Å². The Morgan fingerprint density at radius 3 is 2.50 bits per heavy atom. The van der Waals surface area contributed by atoms with E-state index in [-0.39, 0.29) is 5.54 Å². The highest BCUT2D eigenvalue weighted by Crippen LogP contribution is 2.35. The second-order valence-electron chi connectivity index (χ2n) is 5.95. The van der Waals surface area contributed by atoms with Crippen LogP contribution in [0.2, 0.25) is 0 Å². The van der Waals surface area contributed by atoms with Crippen molar-refractivity contribution in [1.82, 2.24) is 10.2 Å². The molecule has 0 aromatic heterocycles. The second-order valence-corrected chi connectivity index (χ2v) is 5.95. The Bertz CT molecular complexity index is 539. The summed E-state index contributed by atoms with van der Waals surface area (Å²) in [7, 11) is 3.24. The molecule has 1 fully saturated rings. The molecule has 1 aliphatic rings. The lowest BCUT2D eigenvalue weighted by Gasteiger charge is -2.42. The van der Waals surface area contributed by atoms with Crippen LogP contribution < -0.4 is 15.0 Å². The summed E-state index contributed by atoms with van der Waals surface area (Å²) in [6.45, 7) is 3.79. The van der Waals surface area contributed by atoms with Crippen molar-refractivity contribution in [3.8, 4) is 5.75 Å². The fourth-order valence-corrected chi connectivity index (χ4v) is 2.61. The van der Waals surface area contributed by atoms with Gasteiger partial charge in [-0.15, -0.1) is 0 Å². The highest BCUT2D eigenvalue weighted by Gasteiger charge is 2.35. The van der Waals surface area contributed by atoms with Crippen molar-refractivity contribution in [2.24, 2.45) is 0 Å². The van der Waals surface area contributed by atoms with Gasteiger partial charge in [0.2, 0.25) is 6.41 Å². The van der Waals surface area contributed by atoms with Crippen molar-refractivity contribution < 1.29 is 14.3 Å². The number of hydrogen-bond donors (Lipinski definition) is 1. The molecule has 0 unspecified atom stereocenters. The van der Waals surface area contributed by atoms with Crippen LogP contribution in [0, 0.1) is 0 Å². The van der Waals surface area contributed by atoms with Gasteiger partial charge in [0.15, 0.2) is 5.75 Å². The van der Waals surface area contributed by atoms with Crippen molar-refractivity contribution in [2.75, 3.05) is 32.1 Å². The van der Waals surface area contributed by atoms with E-state index < -0.39 is 6.09 Å². The number of carbonyl (C=O) groups excluding carboxylic acids is 2. The minimum atomic E-state index is -0.464. The predicted octanol–water partition coefficient (Wildman–Crippen LogP) is 1.85. The topological polar surface area (TPSA) is 61.9 Å². The molecule has 1 N–H and O–H groups in total. The summed E-state index contributed by atoms with van der Waals surface area (Å²) in [6.07, 6.45) is 2.06. The molecule has 1 heterocycles. The van der Waals surface area contributed by atoms with E-state index in [1.807, 2.05) is 6.07 Å². The van der Waals surface area contributed by atoms with Crippen molar-refractivity contribution in [2.45, 2.75) is 25.3 Å². The molecule has 0 bridgehead atoms. The lowest BCUT2D eigenvalue weighted by molar-refractivity contribution is -0.108. The molecule has 1 aromatic rings. The zero-order valence-electron chi connectivity index (χ0n) is 13.3. The lowest BCUT2D eigenvalue weighted by atomic mass is 9.88. The quantitative estimate of drug-likeness (QED) is 0.862. The van der Waals surface area contributed by atoms with Crippen LogP contribution in [0.4, 0.5) is 10.5 Å². The average molecular weight is 305 g/mol. The normalized spacial score (nSPS) is 16.7. The monoisotopic (exact) mass is 305 g/mol. The number of amides is 2. The Balaban J connectivity index is 2.33. The molecule has 0 spiro atoms. The van der Waals surface area contributed by atoms with Crippen LogP contribution in [-0.4, -0.2) is 50.1 Å². The van der Waals surface area contributed by atoms with Crippen LogP contribution in [0.15, 0.2) is 24.3 Å². The molecule has 22 heavy (non-hydrogen) atoms. The molecular weight excluding hydrogens is 282 g/mol. The second kappa shape index (κ2) is 6.79. The van der Waals surface area contributed by atoms with Gasteiger partial charge in [-0.2, -0.15) is 0 Å². The summed E-state index contributed by atoms with van der Waals surface area (Å²) in [6, 6.07) is 7.14. The number of rotatable bonds is 4. The number of nitrogens with zero attached hydrogens (tertiary/aromatic N) is 2. The summed E-state index contributed by atoms with van der Waals surface area (Å²) in [5.41, 5.74) is 0.338. The summed E-state index contributed by atoms with van der Waals surface area (Å²) < 4.78 is 5.40. The van der Waals surface area contributed by atoms with Crippen LogP contribution in [0.5, 0.6) is 5.75 Å². The fraction of sp³-hybridized carbons (Fsp3) is 0.500. The summed E-state index contributed by atoms with van der Waals surface area (Å²) in [5.74, 6) is 0.396. The molecule has 6 nitrogen and oxygen atoms in total. The van der Waals surface area contributed by atoms with Crippen LogP contribution in [0.1, 0.15) is 19.8 Å².